The van der Waals surface area contributed by atoms with E-state index in [0.717, 1.165) is 33.0 Å². The summed E-state index contributed by atoms with van der Waals surface area (Å²) in [6.07, 6.45) is 1.69. The summed E-state index contributed by atoms with van der Waals surface area (Å²) >= 11 is 5.99. The van der Waals surface area contributed by atoms with Crippen molar-refractivity contribution in [3.63, 3.8) is 0 Å². The van der Waals surface area contributed by atoms with Gasteiger partial charge in [-0.05, 0) is 49.6 Å². The third-order valence-corrected chi connectivity index (χ3v) is 5.34. The lowest BCUT2D eigenvalue weighted by molar-refractivity contribution is -0.136. The fourth-order valence-corrected chi connectivity index (χ4v) is 3.70. The van der Waals surface area contributed by atoms with Gasteiger partial charge in [0.15, 0.2) is 0 Å². The summed E-state index contributed by atoms with van der Waals surface area (Å²) in [4.78, 5) is 23.3. The van der Waals surface area contributed by atoms with Gasteiger partial charge in [0, 0.05) is 38.9 Å². The van der Waals surface area contributed by atoms with Gasteiger partial charge in [0.25, 0.3) is 0 Å². The molecule has 2 aromatic heterocycles. The van der Waals surface area contributed by atoms with Crippen LogP contribution in [0.15, 0.2) is 50.2 Å². The first-order chi connectivity index (χ1) is 13.4. The molecule has 28 heavy (non-hydrogen) atoms. The summed E-state index contributed by atoms with van der Waals surface area (Å²) in [6, 6.07) is 9.41. The van der Waals surface area contributed by atoms with Crippen LogP contribution in [0.4, 0.5) is 0 Å². The van der Waals surface area contributed by atoms with E-state index in [1.807, 2.05) is 44.2 Å². The average molecular weight is 397 g/mol. The van der Waals surface area contributed by atoms with Gasteiger partial charge >= 0.3 is 11.6 Å². The highest BCUT2D eigenvalue weighted by molar-refractivity contribution is 6.30. The van der Waals surface area contributed by atoms with Crippen LogP contribution in [0.3, 0.4) is 0 Å². The zero-order valence-electron chi connectivity index (χ0n) is 15.3. The van der Waals surface area contributed by atoms with Gasteiger partial charge in [0.05, 0.1) is 6.26 Å². The predicted octanol–water partition coefficient (Wildman–Crippen LogP) is 5.49. The van der Waals surface area contributed by atoms with Crippen molar-refractivity contribution in [1.82, 2.24) is 0 Å². The topological polar surface area (TPSA) is 80.6 Å². The molecule has 142 valence electrons. The van der Waals surface area contributed by atoms with Crippen molar-refractivity contribution >= 4 is 39.5 Å². The van der Waals surface area contributed by atoms with Crippen molar-refractivity contribution in [3.8, 4) is 11.1 Å². The van der Waals surface area contributed by atoms with Crippen molar-refractivity contribution in [1.29, 1.82) is 0 Å². The number of carboxylic acid groups (broad SMARTS) is 1. The maximum atomic E-state index is 12.4. The number of furan rings is 1. The van der Waals surface area contributed by atoms with Gasteiger partial charge in [-0.25, -0.2) is 4.79 Å². The molecule has 0 radical (unpaired) electrons. The minimum Gasteiger partial charge on any atom is -0.481 e. The molecule has 0 saturated carbocycles. The van der Waals surface area contributed by atoms with E-state index in [-0.39, 0.29) is 12.8 Å². The lowest BCUT2D eigenvalue weighted by atomic mass is 9.97. The number of benzene rings is 2. The summed E-state index contributed by atoms with van der Waals surface area (Å²) in [5.41, 5.74) is 4.35. The molecule has 0 fully saturated rings. The molecule has 0 amide bonds. The number of rotatable bonds is 4. The Balaban J connectivity index is 1.98. The van der Waals surface area contributed by atoms with Crippen molar-refractivity contribution in [3.05, 3.63) is 68.7 Å². The number of hydrogen-bond donors (Lipinski definition) is 1. The van der Waals surface area contributed by atoms with Crippen LogP contribution in [0.2, 0.25) is 5.02 Å². The highest BCUT2D eigenvalue weighted by Crippen LogP contribution is 2.37. The van der Waals surface area contributed by atoms with E-state index in [0.29, 0.717) is 21.8 Å². The smallest absolute Gasteiger partial charge is 0.339 e. The second kappa shape index (κ2) is 6.84. The Morgan fingerprint density at radius 1 is 1.07 bits per heavy atom. The van der Waals surface area contributed by atoms with E-state index in [1.54, 1.807) is 6.26 Å². The van der Waals surface area contributed by atoms with Crippen molar-refractivity contribution in [2.75, 3.05) is 0 Å². The minimum atomic E-state index is -0.953. The largest absolute Gasteiger partial charge is 0.481 e. The molecule has 5 nitrogen and oxygen atoms in total. The fourth-order valence-electron chi connectivity index (χ4n) is 3.57. The van der Waals surface area contributed by atoms with Crippen LogP contribution in [0.25, 0.3) is 33.1 Å². The molecule has 0 atom stereocenters. The Labute approximate surface area is 165 Å². The van der Waals surface area contributed by atoms with Crippen LogP contribution >= 0.6 is 11.6 Å². The molecular weight excluding hydrogens is 380 g/mol. The first-order valence-corrected chi connectivity index (χ1v) is 9.19. The van der Waals surface area contributed by atoms with Crippen LogP contribution < -0.4 is 5.63 Å². The van der Waals surface area contributed by atoms with E-state index in [1.165, 1.54) is 0 Å². The van der Waals surface area contributed by atoms with Crippen molar-refractivity contribution < 1.29 is 18.7 Å². The zero-order chi connectivity index (χ0) is 20.0. The number of aryl methyl sites for hydroxylation is 2. The Kier molecular flexibility index (Phi) is 4.47. The molecule has 0 spiro atoms. The maximum absolute atomic E-state index is 12.4. The summed E-state index contributed by atoms with van der Waals surface area (Å²) in [6.45, 7) is 3.67. The second-order valence-corrected chi connectivity index (χ2v) is 7.23. The van der Waals surface area contributed by atoms with Gasteiger partial charge in [0.1, 0.15) is 11.2 Å². The molecule has 0 aliphatic carbocycles. The molecule has 0 aliphatic heterocycles. The first kappa shape index (κ1) is 18.3. The molecule has 6 heteroatoms. The van der Waals surface area contributed by atoms with E-state index >= 15 is 0 Å². The number of halogens is 1. The number of fused-ring (bicyclic) bond motifs is 2. The molecule has 0 saturated heterocycles. The molecule has 0 bridgehead atoms. The van der Waals surface area contributed by atoms with Crippen LogP contribution in [-0.4, -0.2) is 11.1 Å². The van der Waals surface area contributed by atoms with Crippen LogP contribution in [-0.2, 0) is 11.2 Å². The van der Waals surface area contributed by atoms with E-state index in [4.69, 9.17) is 25.5 Å². The number of carboxylic acids is 1. The number of hydrogen-bond acceptors (Lipinski definition) is 4. The monoisotopic (exact) mass is 396 g/mol. The van der Waals surface area contributed by atoms with E-state index < -0.39 is 11.6 Å². The summed E-state index contributed by atoms with van der Waals surface area (Å²) in [5.74, 6) is -0.953. The molecule has 4 aromatic rings. The van der Waals surface area contributed by atoms with Gasteiger partial charge in [0.2, 0.25) is 0 Å². The van der Waals surface area contributed by atoms with Gasteiger partial charge < -0.3 is 13.9 Å². The van der Waals surface area contributed by atoms with E-state index in [9.17, 15) is 9.59 Å². The third kappa shape index (κ3) is 2.98. The molecular formula is C22H17ClO5. The van der Waals surface area contributed by atoms with Crippen molar-refractivity contribution in [2.45, 2.75) is 26.7 Å². The predicted molar refractivity (Wildman–Crippen MR) is 108 cm³/mol. The van der Waals surface area contributed by atoms with Crippen molar-refractivity contribution in [2.24, 2.45) is 0 Å². The second-order valence-electron chi connectivity index (χ2n) is 6.80. The van der Waals surface area contributed by atoms with Gasteiger partial charge in [-0.2, -0.15) is 0 Å². The molecule has 1 N–H and O–H groups in total. The number of aliphatic carboxylic acids is 1. The Morgan fingerprint density at radius 2 is 1.79 bits per heavy atom. The summed E-state index contributed by atoms with van der Waals surface area (Å²) < 4.78 is 11.3. The van der Waals surface area contributed by atoms with Crippen LogP contribution in [0.5, 0.6) is 0 Å². The highest BCUT2D eigenvalue weighted by Gasteiger charge is 2.19. The minimum absolute atomic E-state index is 0.125. The van der Waals surface area contributed by atoms with Crippen LogP contribution in [0, 0.1) is 13.8 Å². The number of carbonyl (C=O) groups is 1. The SMILES string of the molecule is Cc1c(CCC(=O)O)c(=O)oc2c(C)c3occ(-c4ccc(Cl)cc4)c3cc12. The van der Waals surface area contributed by atoms with Gasteiger partial charge in [-0.3, -0.25) is 4.79 Å². The molecule has 2 aromatic carbocycles. The zero-order valence-corrected chi connectivity index (χ0v) is 16.1. The molecule has 2 heterocycles. The van der Waals surface area contributed by atoms with Gasteiger partial charge in [-0.1, -0.05) is 23.7 Å². The molecule has 4 rings (SSSR count). The quantitative estimate of drug-likeness (QED) is 0.461. The fraction of sp³-hybridized carbons (Fsp3) is 0.182. The average Bonchev–Trinajstić information content (AvgIpc) is 3.07. The summed E-state index contributed by atoms with van der Waals surface area (Å²) in [7, 11) is 0. The maximum Gasteiger partial charge on any atom is 0.339 e. The molecule has 0 unspecified atom stereocenters. The molecule has 0 aliphatic rings. The first-order valence-electron chi connectivity index (χ1n) is 8.81. The lowest BCUT2D eigenvalue weighted by Crippen LogP contribution is -2.12. The third-order valence-electron chi connectivity index (χ3n) is 5.09. The Hall–Kier alpha value is -3.05. The highest BCUT2D eigenvalue weighted by atomic mass is 35.5. The lowest BCUT2D eigenvalue weighted by Gasteiger charge is -2.09. The Bertz CT molecular complexity index is 1280. The van der Waals surface area contributed by atoms with Gasteiger partial charge in [-0.15, -0.1) is 0 Å². The Morgan fingerprint density at radius 3 is 2.46 bits per heavy atom. The normalized spacial score (nSPS) is 11.4. The van der Waals surface area contributed by atoms with Crippen LogP contribution in [0.1, 0.15) is 23.1 Å². The standard InChI is InChI=1S/C22H17ClO5/c1-11-15(7-8-19(24)25)22(26)28-21-12(2)20-17(9-16(11)21)18(10-27-20)13-3-5-14(23)6-4-13/h3-6,9-10H,7-8H2,1-2H3,(H,24,25). The summed E-state index contributed by atoms with van der Waals surface area (Å²) in [5, 5.41) is 11.3. The van der Waals surface area contributed by atoms with E-state index in [2.05, 4.69) is 0 Å².